The molecule has 94 valence electrons. The molecule has 3 nitrogen and oxygen atoms in total. The third-order valence-electron chi connectivity index (χ3n) is 2.88. The van der Waals surface area contributed by atoms with Crippen LogP contribution in [-0.2, 0) is 9.84 Å². The van der Waals surface area contributed by atoms with Crippen LogP contribution in [0, 0.1) is 18.6 Å². The number of aryl methyl sites for hydroxylation is 1. The summed E-state index contributed by atoms with van der Waals surface area (Å²) in [6, 6.07) is 1.50. The summed E-state index contributed by atoms with van der Waals surface area (Å²) in [5.41, 5.74) is 0.293. The summed E-state index contributed by atoms with van der Waals surface area (Å²) in [6.07, 6.45) is 0. The maximum atomic E-state index is 13.7. The molecule has 1 saturated heterocycles. The molecule has 0 radical (unpaired) electrons. The summed E-state index contributed by atoms with van der Waals surface area (Å²) in [5, 5.41) is 2.89. The molecular weight excluding hydrogens is 248 g/mol. The number of hydrogen-bond donors (Lipinski definition) is 1. The summed E-state index contributed by atoms with van der Waals surface area (Å²) < 4.78 is 49.9. The molecule has 0 spiro atoms. The topological polar surface area (TPSA) is 46.2 Å². The first-order valence-corrected chi connectivity index (χ1v) is 7.10. The number of hydrogen-bond acceptors (Lipinski definition) is 3. The smallest absolute Gasteiger partial charge is 0.153 e. The first-order valence-electron chi connectivity index (χ1n) is 5.28. The van der Waals surface area contributed by atoms with E-state index in [1.165, 1.54) is 6.92 Å². The molecule has 2 rings (SSSR count). The number of benzene rings is 1. The van der Waals surface area contributed by atoms with Crippen molar-refractivity contribution >= 4 is 9.84 Å². The summed E-state index contributed by atoms with van der Waals surface area (Å²) in [6.45, 7) is 1.73. The van der Waals surface area contributed by atoms with E-state index in [1.807, 2.05) is 0 Å². The van der Waals surface area contributed by atoms with E-state index < -0.39 is 27.5 Å². The van der Waals surface area contributed by atoms with Crippen molar-refractivity contribution in [3.8, 4) is 0 Å². The fourth-order valence-electron chi connectivity index (χ4n) is 1.91. The zero-order valence-corrected chi connectivity index (χ0v) is 10.2. The lowest BCUT2D eigenvalue weighted by atomic mass is 10.0. The van der Waals surface area contributed by atoms with E-state index >= 15 is 0 Å². The highest BCUT2D eigenvalue weighted by molar-refractivity contribution is 7.91. The normalized spacial score (nSPS) is 23.6. The van der Waals surface area contributed by atoms with Gasteiger partial charge in [0.05, 0.1) is 11.5 Å². The molecule has 0 amide bonds. The fourth-order valence-corrected chi connectivity index (χ4v) is 3.31. The van der Waals surface area contributed by atoms with Crippen molar-refractivity contribution in [2.75, 3.05) is 18.1 Å². The molecular formula is C11H13F2NO2S. The van der Waals surface area contributed by atoms with Crippen molar-refractivity contribution in [2.45, 2.75) is 13.0 Å². The van der Waals surface area contributed by atoms with Gasteiger partial charge < -0.3 is 5.32 Å². The van der Waals surface area contributed by atoms with Gasteiger partial charge in [0, 0.05) is 18.2 Å². The molecule has 1 unspecified atom stereocenters. The Hall–Kier alpha value is -1.01. The summed E-state index contributed by atoms with van der Waals surface area (Å²) in [4.78, 5) is 0. The minimum Gasteiger partial charge on any atom is -0.308 e. The van der Waals surface area contributed by atoms with Crippen molar-refractivity contribution in [3.05, 3.63) is 34.9 Å². The van der Waals surface area contributed by atoms with E-state index in [4.69, 9.17) is 0 Å². The average molecular weight is 261 g/mol. The molecule has 0 saturated carbocycles. The Labute approximate surface area is 98.8 Å². The van der Waals surface area contributed by atoms with Crippen LogP contribution in [0.25, 0.3) is 0 Å². The van der Waals surface area contributed by atoms with E-state index in [2.05, 4.69) is 5.32 Å². The van der Waals surface area contributed by atoms with E-state index in [0.717, 1.165) is 12.1 Å². The van der Waals surface area contributed by atoms with Crippen LogP contribution >= 0.6 is 0 Å². The van der Waals surface area contributed by atoms with Gasteiger partial charge in [-0.25, -0.2) is 17.2 Å². The number of nitrogens with one attached hydrogen (secondary N) is 1. The predicted molar refractivity (Wildman–Crippen MR) is 60.5 cm³/mol. The maximum Gasteiger partial charge on any atom is 0.153 e. The molecule has 1 atom stereocenters. The van der Waals surface area contributed by atoms with Gasteiger partial charge in [-0.1, -0.05) is 0 Å². The quantitative estimate of drug-likeness (QED) is 0.829. The first-order chi connectivity index (χ1) is 7.89. The molecule has 1 fully saturated rings. The van der Waals surface area contributed by atoms with Crippen molar-refractivity contribution in [2.24, 2.45) is 0 Å². The second kappa shape index (κ2) is 4.34. The van der Waals surface area contributed by atoms with E-state index in [1.54, 1.807) is 0 Å². The predicted octanol–water partition coefficient (Wildman–Crippen LogP) is 1.33. The van der Waals surface area contributed by atoms with E-state index in [-0.39, 0.29) is 29.2 Å². The monoisotopic (exact) mass is 261 g/mol. The summed E-state index contributed by atoms with van der Waals surface area (Å²) >= 11 is 0. The first kappa shape index (κ1) is 12.4. The Morgan fingerprint density at radius 1 is 1.29 bits per heavy atom. The maximum absolute atomic E-state index is 13.7. The average Bonchev–Trinajstić information content (AvgIpc) is 2.22. The van der Waals surface area contributed by atoms with Gasteiger partial charge in [0.25, 0.3) is 0 Å². The largest absolute Gasteiger partial charge is 0.308 e. The van der Waals surface area contributed by atoms with Crippen molar-refractivity contribution in [3.63, 3.8) is 0 Å². The lowest BCUT2D eigenvalue weighted by Crippen LogP contribution is -2.39. The van der Waals surface area contributed by atoms with Crippen molar-refractivity contribution in [1.82, 2.24) is 5.32 Å². The summed E-state index contributed by atoms with van der Waals surface area (Å²) in [7, 11) is -3.17. The lowest BCUT2D eigenvalue weighted by Gasteiger charge is -2.24. The number of halogens is 2. The molecule has 17 heavy (non-hydrogen) atoms. The van der Waals surface area contributed by atoms with Crippen LogP contribution in [0.5, 0.6) is 0 Å². The Kier molecular flexibility index (Phi) is 3.18. The van der Waals surface area contributed by atoms with Crippen LogP contribution in [0.3, 0.4) is 0 Å². The van der Waals surface area contributed by atoms with Gasteiger partial charge in [0.2, 0.25) is 0 Å². The van der Waals surface area contributed by atoms with Gasteiger partial charge >= 0.3 is 0 Å². The van der Waals surface area contributed by atoms with Crippen LogP contribution in [0.2, 0.25) is 0 Å². The molecule has 0 bridgehead atoms. The third-order valence-corrected chi connectivity index (χ3v) is 4.55. The Morgan fingerprint density at radius 3 is 2.65 bits per heavy atom. The highest BCUT2D eigenvalue weighted by Crippen LogP contribution is 2.24. The van der Waals surface area contributed by atoms with Gasteiger partial charge in [-0.05, 0) is 24.6 Å². The molecule has 1 heterocycles. The summed E-state index contributed by atoms with van der Waals surface area (Å²) in [5.74, 6) is -1.24. The SMILES string of the molecule is Cc1cc(F)c(C2CS(=O)(=O)CCN2)cc1F. The van der Waals surface area contributed by atoms with Gasteiger partial charge in [0.1, 0.15) is 11.6 Å². The zero-order chi connectivity index (χ0) is 12.6. The van der Waals surface area contributed by atoms with Gasteiger partial charge in [-0.15, -0.1) is 0 Å². The molecule has 1 N–H and O–H groups in total. The lowest BCUT2D eigenvalue weighted by molar-refractivity contribution is 0.501. The van der Waals surface area contributed by atoms with Gasteiger partial charge in [-0.3, -0.25) is 0 Å². The van der Waals surface area contributed by atoms with Crippen molar-refractivity contribution in [1.29, 1.82) is 0 Å². The number of sulfone groups is 1. The van der Waals surface area contributed by atoms with Crippen LogP contribution < -0.4 is 5.32 Å². The minimum absolute atomic E-state index is 0.0411. The molecule has 0 aromatic heterocycles. The Bertz CT molecular complexity index is 543. The highest BCUT2D eigenvalue weighted by Gasteiger charge is 2.27. The highest BCUT2D eigenvalue weighted by atomic mass is 32.2. The van der Waals surface area contributed by atoms with Crippen molar-refractivity contribution < 1.29 is 17.2 Å². The molecule has 1 aromatic rings. The molecule has 1 aliphatic rings. The molecule has 6 heteroatoms. The van der Waals surface area contributed by atoms with Gasteiger partial charge in [0.15, 0.2) is 9.84 Å². The second-order valence-corrected chi connectivity index (χ2v) is 6.47. The molecule has 1 aliphatic heterocycles. The molecule has 0 aliphatic carbocycles. The standard InChI is InChI=1S/C11H13F2NO2S/c1-7-4-10(13)8(5-9(7)12)11-6-17(15,16)3-2-14-11/h4-5,11,14H,2-3,6H2,1H3. The Morgan fingerprint density at radius 2 is 2.00 bits per heavy atom. The van der Waals surface area contributed by atoms with Gasteiger partial charge in [-0.2, -0.15) is 0 Å². The van der Waals surface area contributed by atoms with E-state index in [9.17, 15) is 17.2 Å². The van der Waals surface area contributed by atoms with E-state index in [0.29, 0.717) is 0 Å². The zero-order valence-electron chi connectivity index (χ0n) is 9.33. The third kappa shape index (κ3) is 2.63. The van der Waals surface area contributed by atoms with Crippen LogP contribution in [0.15, 0.2) is 12.1 Å². The van der Waals surface area contributed by atoms with Crippen LogP contribution in [0.4, 0.5) is 8.78 Å². The molecule has 1 aromatic carbocycles. The van der Waals surface area contributed by atoms with Crippen LogP contribution in [-0.4, -0.2) is 26.5 Å². The second-order valence-electron chi connectivity index (χ2n) is 4.24. The number of rotatable bonds is 1. The van der Waals surface area contributed by atoms with Crippen LogP contribution in [0.1, 0.15) is 17.2 Å². The fraction of sp³-hybridized carbons (Fsp3) is 0.455. The Balaban J connectivity index is 2.37. The minimum atomic E-state index is -3.17.